The monoisotopic (exact) mass is 628 g/mol. The molecule has 2 aromatic heterocycles. The minimum Gasteiger partial charge on any atom is -0.494 e. The fraction of sp³-hybridized carbons (Fsp3) is 0.289. The normalized spacial score (nSPS) is 15.6. The Balaban J connectivity index is 1.00. The van der Waals surface area contributed by atoms with E-state index in [2.05, 4.69) is 72.6 Å². The minimum absolute atomic E-state index is 0.369. The number of hydrogen-bond acceptors (Lipinski definition) is 6. The fourth-order valence-electron chi connectivity index (χ4n) is 6.72. The molecule has 7 rings (SSSR count). The molecule has 0 radical (unpaired) electrons. The summed E-state index contributed by atoms with van der Waals surface area (Å²) in [6.07, 6.45) is 7.56. The summed E-state index contributed by atoms with van der Waals surface area (Å²) in [5, 5.41) is 3.49. The minimum atomic E-state index is -0.376. The van der Waals surface area contributed by atoms with E-state index >= 15 is 0 Å². The molecule has 2 amide bonds. The van der Waals surface area contributed by atoms with E-state index in [0.717, 1.165) is 86.6 Å². The fourth-order valence-corrected chi connectivity index (χ4v) is 6.72. The van der Waals surface area contributed by atoms with Crippen LogP contribution in [0.15, 0.2) is 97.6 Å². The van der Waals surface area contributed by atoms with Crippen molar-refractivity contribution in [2.24, 2.45) is 0 Å². The van der Waals surface area contributed by atoms with Crippen LogP contribution in [0.4, 0.5) is 5.69 Å². The average molecular weight is 629 g/mol. The van der Waals surface area contributed by atoms with Crippen LogP contribution in [0.25, 0.3) is 22.0 Å². The van der Waals surface area contributed by atoms with Gasteiger partial charge in [0, 0.05) is 86.1 Å². The number of piperazine rings is 1. The number of carbonyl (C=O) groups excluding carboxylic acids is 2. The van der Waals surface area contributed by atoms with E-state index in [4.69, 9.17) is 4.74 Å². The van der Waals surface area contributed by atoms with Crippen molar-refractivity contribution >= 4 is 39.6 Å². The smallest absolute Gasteiger partial charge is 0.259 e. The van der Waals surface area contributed by atoms with Crippen LogP contribution in [0.2, 0.25) is 0 Å². The molecule has 9 heteroatoms. The van der Waals surface area contributed by atoms with Crippen molar-refractivity contribution in [1.29, 1.82) is 0 Å². The van der Waals surface area contributed by atoms with Gasteiger partial charge in [-0.3, -0.25) is 19.8 Å². The molecule has 3 aromatic carbocycles. The van der Waals surface area contributed by atoms with E-state index in [-0.39, 0.29) is 11.8 Å². The molecule has 0 unspecified atom stereocenters. The van der Waals surface area contributed by atoms with Gasteiger partial charge in [0.15, 0.2) is 0 Å². The van der Waals surface area contributed by atoms with Gasteiger partial charge in [0.1, 0.15) is 5.75 Å². The first-order valence-corrected chi connectivity index (χ1v) is 16.5. The summed E-state index contributed by atoms with van der Waals surface area (Å²) in [6, 6.07) is 26.2. The van der Waals surface area contributed by atoms with Crippen molar-refractivity contribution in [2.75, 3.05) is 44.2 Å². The van der Waals surface area contributed by atoms with Gasteiger partial charge in [-0.2, -0.15) is 0 Å². The summed E-state index contributed by atoms with van der Waals surface area (Å²) >= 11 is 0. The second kappa shape index (κ2) is 13.7. The molecule has 0 saturated carbocycles. The summed E-state index contributed by atoms with van der Waals surface area (Å²) in [5.74, 6) is 0.00424. The number of nitrogens with zero attached hydrogens (tertiary/aromatic N) is 5. The molecule has 9 nitrogen and oxygen atoms in total. The molecule has 0 bridgehead atoms. The predicted octanol–water partition coefficient (Wildman–Crippen LogP) is 5.39. The molecule has 5 aromatic rings. The van der Waals surface area contributed by atoms with Gasteiger partial charge in [0.2, 0.25) is 0 Å². The number of aromatic nitrogens is 3. The maximum absolute atomic E-state index is 13.3. The lowest BCUT2D eigenvalue weighted by Crippen LogP contribution is -2.46. The first-order chi connectivity index (χ1) is 23.0. The van der Waals surface area contributed by atoms with Crippen molar-refractivity contribution in [2.45, 2.75) is 32.9 Å². The topological polar surface area (TPSA) is 84.6 Å². The van der Waals surface area contributed by atoms with Gasteiger partial charge in [0.25, 0.3) is 11.8 Å². The molecular formula is C38H40N6O3. The lowest BCUT2D eigenvalue weighted by Gasteiger charge is -2.36. The molecular weight excluding hydrogens is 588 g/mol. The Morgan fingerprint density at radius 2 is 1.49 bits per heavy atom. The first kappa shape index (κ1) is 30.5. The Hall–Kier alpha value is -5.15. The first-order valence-electron chi connectivity index (χ1n) is 16.5. The maximum atomic E-state index is 13.3. The Labute approximate surface area is 275 Å². The molecule has 1 N–H and O–H groups in total. The van der Waals surface area contributed by atoms with Crippen LogP contribution in [0.5, 0.6) is 5.75 Å². The highest BCUT2D eigenvalue weighted by Crippen LogP contribution is 2.36. The zero-order chi connectivity index (χ0) is 32.2. The van der Waals surface area contributed by atoms with Gasteiger partial charge in [0.05, 0.1) is 24.1 Å². The number of para-hydroxylation sites is 2. The largest absolute Gasteiger partial charge is 0.494 e. The second-order valence-corrected chi connectivity index (χ2v) is 12.3. The van der Waals surface area contributed by atoms with Gasteiger partial charge in [-0.15, -0.1) is 0 Å². The van der Waals surface area contributed by atoms with E-state index < -0.39 is 0 Å². The number of rotatable bonds is 12. The number of anilines is 1. The highest BCUT2D eigenvalue weighted by molar-refractivity contribution is 6.50. The number of ether oxygens (including phenoxy) is 1. The quantitative estimate of drug-likeness (QED) is 0.147. The molecule has 0 atom stereocenters. The average Bonchev–Trinajstić information content (AvgIpc) is 3.77. The number of benzene rings is 3. The third-order valence-electron chi connectivity index (χ3n) is 9.23. The van der Waals surface area contributed by atoms with E-state index in [9.17, 15) is 9.59 Å². The molecule has 47 heavy (non-hydrogen) atoms. The second-order valence-electron chi connectivity index (χ2n) is 12.3. The van der Waals surface area contributed by atoms with Gasteiger partial charge in [-0.25, -0.2) is 4.98 Å². The predicted molar refractivity (Wildman–Crippen MR) is 185 cm³/mol. The molecule has 240 valence electrons. The number of amides is 2. The van der Waals surface area contributed by atoms with Crippen LogP contribution in [0.3, 0.4) is 0 Å². The van der Waals surface area contributed by atoms with Gasteiger partial charge < -0.3 is 18.8 Å². The summed E-state index contributed by atoms with van der Waals surface area (Å²) in [6.45, 7) is 9.44. The van der Waals surface area contributed by atoms with E-state index in [0.29, 0.717) is 23.3 Å². The molecule has 2 aliphatic heterocycles. The Morgan fingerprint density at radius 1 is 0.766 bits per heavy atom. The number of nitrogens with one attached hydrogen (secondary N) is 1. The number of aryl methyl sites for hydroxylation is 3. The zero-order valence-electron chi connectivity index (χ0n) is 26.8. The molecule has 1 fully saturated rings. The number of imide groups is 1. The summed E-state index contributed by atoms with van der Waals surface area (Å²) in [4.78, 5) is 35.6. The highest BCUT2D eigenvalue weighted by Gasteiger charge is 2.34. The van der Waals surface area contributed by atoms with E-state index in [1.54, 1.807) is 0 Å². The van der Waals surface area contributed by atoms with Crippen molar-refractivity contribution < 1.29 is 14.3 Å². The summed E-state index contributed by atoms with van der Waals surface area (Å²) < 4.78 is 10.4. The number of fused-ring (bicyclic) bond motifs is 1. The Bertz CT molecular complexity index is 1900. The van der Waals surface area contributed by atoms with Gasteiger partial charge in [-0.05, 0) is 55.7 Å². The Kier molecular flexibility index (Phi) is 8.88. The number of carbonyl (C=O) groups is 2. The van der Waals surface area contributed by atoms with E-state index in [1.165, 1.54) is 5.69 Å². The molecule has 1 saturated heterocycles. The van der Waals surface area contributed by atoms with Crippen LogP contribution < -0.4 is 15.0 Å². The van der Waals surface area contributed by atoms with Crippen LogP contribution >= 0.6 is 0 Å². The summed E-state index contributed by atoms with van der Waals surface area (Å²) in [5.41, 5.74) is 5.72. The molecule has 0 aliphatic carbocycles. The Morgan fingerprint density at radius 3 is 2.26 bits per heavy atom. The van der Waals surface area contributed by atoms with Crippen molar-refractivity contribution in [3.63, 3.8) is 0 Å². The zero-order valence-corrected chi connectivity index (χ0v) is 26.8. The number of imidazole rings is 1. The molecule has 0 spiro atoms. The van der Waals surface area contributed by atoms with Crippen molar-refractivity contribution in [3.8, 4) is 5.75 Å². The van der Waals surface area contributed by atoms with Gasteiger partial charge in [-0.1, -0.05) is 48.5 Å². The molecule has 2 aliphatic rings. The van der Waals surface area contributed by atoms with E-state index in [1.807, 2.05) is 61.2 Å². The highest BCUT2D eigenvalue weighted by atomic mass is 16.5. The van der Waals surface area contributed by atoms with Crippen molar-refractivity contribution in [1.82, 2.24) is 24.3 Å². The van der Waals surface area contributed by atoms with Crippen LogP contribution in [0.1, 0.15) is 29.7 Å². The molecule has 4 heterocycles. The SMILES string of the molecule is Cc1cncn1CCCn1cc(C2=C(c3ccc(OCCCN4CCN(c5ccccc5)CC4)cc3)C(=O)NC2=O)c2ccccc21. The van der Waals surface area contributed by atoms with Gasteiger partial charge >= 0.3 is 0 Å². The third kappa shape index (κ3) is 6.57. The number of hydrogen-bond donors (Lipinski definition) is 1. The van der Waals surface area contributed by atoms with Crippen LogP contribution in [-0.4, -0.2) is 70.2 Å². The maximum Gasteiger partial charge on any atom is 0.259 e. The summed E-state index contributed by atoms with van der Waals surface area (Å²) in [7, 11) is 0. The van der Waals surface area contributed by atoms with Crippen molar-refractivity contribution in [3.05, 3.63) is 114 Å². The third-order valence-corrected chi connectivity index (χ3v) is 9.23. The van der Waals surface area contributed by atoms with Crippen LogP contribution in [-0.2, 0) is 22.7 Å². The van der Waals surface area contributed by atoms with Crippen LogP contribution in [0, 0.1) is 6.92 Å². The lowest BCUT2D eigenvalue weighted by atomic mass is 9.96. The lowest BCUT2D eigenvalue weighted by molar-refractivity contribution is -0.122. The standard InChI is InChI=1S/C38H40N6O3/c1-28-25-39-27-44(28)19-7-18-43-26-33(32-11-5-6-12-34(32)43)36-35(37(45)40-38(36)46)29-13-15-31(16-14-29)47-24-8-17-41-20-22-42(23-21-41)30-9-3-2-4-10-30/h2-6,9-16,25-27H,7-8,17-24H2,1H3,(H,40,45,46).